The Labute approximate surface area is 181 Å². The minimum Gasteiger partial charge on any atom is -0.274 e. The molecule has 3 aliphatic carbocycles. The molecule has 3 fully saturated rings. The lowest BCUT2D eigenvalue weighted by atomic mass is 9.54. The van der Waals surface area contributed by atoms with Crippen LogP contribution in [0.3, 0.4) is 0 Å². The van der Waals surface area contributed by atoms with Gasteiger partial charge in [-0.05, 0) is 48.5 Å². The van der Waals surface area contributed by atoms with Gasteiger partial charge in [-0.3, -0.25) is 29.0 Å². The fourth-order valence-corrected chi connectivity index (χ4v) is 5.92. The van der Waals surface area contributed by atoms with Crippen molar-refractivity contribution in [2.75, 3.05) is 9.80 Å². The summed E-state index contributed by atoms with van der Waals surface area (Å²) in [5, 5.41) is 0. The Morgan fingerprint density at radius 1 is 0.500 bits per heavy atom. The highest BCUT2D eigenvalue weighted by Gasteiger charge is 2.68. The maximum atomic E-state index is 13.3. The zero-order chi connectivity index (χ0) is 22.3. The quantitative estimate of drug-likeness (QED) is 0.538. The molecule has 7 rings (SSSR count). The van der Waals surface area contributed by atoms with Gasteiger partial charge in [0.25, 0.3) is 0 Å². The van der Waals surface area contributed by atoms with Crippen LogP contribution in [0.1, 0.15) is 0 Å². The smallest absolute Gasteiger partial charge is 0.238 e. The molecule has 4 amide bonds. The molecule has 5 aliphatic rings. The van der Waals surface area contributed by atoms with Crippen molar-refractivity contribution >= 4 is 35.0 Å². The second-order valence-corrected chi connectivity index (χ2v) is 8.62. The molecule has 2 aromatic carbocycles. The number of carbonyl (C=O) groups is 4. The molecule has 0 N–H and O–H groups in total. The molecule has 2 aliphatic heterocycles. The number of imide groups is 2. The predicted octanol–water partition coefficient (Wildman–Crippen LogP) is 2.69. The Kier molecular flexibility index (Phi) is 3.82. The zero-order valence-corrected chi connectivity index (χ0v) is 16.5. The molecule has 6 nitrogen and oxygen atoms in total. The van der Waals surface area contributed by atoms with Crippen LogP contribution < -0.4 is 9.80 Å². The van der Waals surface area contributed by atoms with E-state index in [-0.39, 0.29) is 11.4 Å². The first-order valence-corrected chi connectivity index (χ1v) is 10.3. The summed E-state index contributed by atoms with van der Waals surface area (Å²) >= 11 is 0. The monoisotopic (exact) mass is 434 g/mol. The van der Waals surface area contributed by atoms with Crippen molar-refractivity contribution in [1.82, 2.24) is 0 Å². The lowest BCUT2D eigenvalue weighted by Crippen LogP contribution is -2.50. The number of hydrogen-bond donors (Lipinski definition) is 0. The van der Waals surface area contributed by atoms with E-state index in [2.05, 4.69) is 0 Å². The van der Waals surface area contributed by atoms with Gasteiger partial charge in [-0.1, -0.05) is 12.2 Å². The normalized spacial score (nSPS) is 32.7. The third kappa shape index (κ3) is 2.32. The molecule has 32 heavy (non-hydrogen) atoms. The van der Waals surface area contributed by atoms with Crippen molar-refractivity contribution in [3.63, 3.8) is 0 Å². The summed E-state index contributed by atoms with van der Waals surface area (Å²) in [6.07, 6.45) is 3.54. The second-order valence-electron chi connectivity index (χ2n) is 8.62. The summed E-state index contributed by atoms with van der Waals surface area (Å²) in [6.45, 7) is 0. The molecule has 1 saturated carbocycles. The molecule has 2 bridgehead atoms. The van der Waals surface area contributed by atoms with Crippen molar-refractivity contribution in [1.29, 1.82) is 0 Å². The number of nitrogens with zero attached hydrogens (tertiary/aromatic N) is 2. The Balaban J connectivity index is 1.39. The largest absolute Gasteiger partial charge is 0.274 e. The summed E-state index contributed by atoms with van der Waals surface area (Å²) in [7, 11) is 0. The molecule has 160 valence electrons. The van der Waals surface area contributed by atoms with Crippen LogP contribution in [0.15, 0.2) is 60.7 Å². The number of benzene rings is 2. The molecule has 2 unspecified atom stereocenters. The zero-order valence-electron chi connectivity index (χ0n) is 16.5. The van der Waals surface area contributed by atoms with Gasteiger partial charge in [0.1, 0.15) is 11.6 Å². The molecule has 0 spiro atoms. The summed E-state index contributed by atoms with van der Waals surface area (Å²) < 4.78 is 26.7. The van der Waals surface area contributed by atoms with Gasteiger partial charge < -0.3 is 0 Å². The maximum Gasteiger partial charge on any atom is 0.238 e. The SMILES string of the molecule is O=C1[C@@H]2C3C=CC([C@H]4C(=O)N(c5ccc(F)cc5)C(=O)[C@@H]34)[C@@H]2C(=O)N1c1ccc(F)cc1. The fourth-order valence-electron chi connectivity index (χ4n) is 5.92. The van der Waals surface area contributed by atoms with E-state index in [1.165, 1.54) is 48.5 Å². The van der Waals surface area contributed by atoms with Crippen LogP contribution in [0.4, 0.5) is 20.2 Å². The number of carbonyl (C=O) groups excluding carboxylic acids is 4. The highest BCUT2D eigenvalue weighted by molar-refractivity contribution is 6.26. The first kappa shape index (κ1) is 19.0. The fraction of sp³-hybridized carbons (Fsp3) is 0.250. The van der Waals surface area contributed by atoms with Gasteiger partial charge in [0.2, 0.25) is 23.6 Å². The van der Waals surface area contributed by atoms with E-state index in [9.17, 15) is 28.0 Å². The van der Waals surface area contributed by atoms with E-state index >= 15 is 0 Å². The number of anilines is 2. The number of halogens is 2. The van der Waals surface area contributed by atoms with Crippen LogP contribution in [-0.2, 0) is 19.2 Å². The molecule has 2 heterocycles. The van der Waals surface area contributed by atoms with Crippen molar-refractivity contribution in [3.8, 4) is 0 Å². The van der Waals surface area contributed by atoms with Crippen LogP contribution in [0.2, 0.25) is 0 Å². The third-order valence-electron chi connectivity index (χ3n) is 7.18. The van der Waals surface area contributed by atoms with Gasteiger partial charge in [0.15, 0.2) is 0 Å². The van der Waals surface area contributed by atoms with Gasteiger partial charge in [-0.25, -0.2) is 8.78 Å². The second kappa shape index (κ2) is 6.41. The maximum absolute atomic E-state index is 13.3. The van der Waals surface area contributed by atoms with Crippen LogP contribution >= 0.6 is 0 Å². The van der Waals surface area contributed by atoms with Crippen LogP contribution in [0.5, 0.6) is 0 Å². The van der Waals surface area contributed by atoms with Gasteiger partial charge in [-0.2, -0.15) is 0 Å². The molecule has 0 radical (unpaired) electrons. The van der Waals surface area contributed by atoms with E-state index < -0.39 is 70.8 Å². The van der Waals surface area contributed by atoms with E-state index in [0.29, 0.717) is 0 Å². The lowest BCUT2D eigenvalue weighted by molar-refractivity contribution is -0.137. The number of rotatable bonds is 2. The Hall–Kier alpha value is -3.68. The first-order chi connectivity index (χ1) is 15.4. The molecule has 2 aromatic rings. The summed E-state index contributed by atoms with van der Waals surface area (Å²) in [5.41, 5.74) is 0.539. The average Bonchev–Trinajstić information content (AvgIpc) is 3.23. The van der Waals surface area contributed by atoms with Crippen LogP contribution in [-0.4, -0.2) is 23.6 Å². The lowest BCUT2D eigenvalue weighted by Gasteiger charge is -2.44. The van der Waals surface area contributed by atoms with Crippen molar-refractivity contribution in [3.05, 3.63) is 72.3 Å². The van der Waals surface area contributed by atoms with Crippen molar-refractivity contribution in [2.24, 2.45) is 35.5 Å². The van der Waals surface area contributed by atoms with Gasteiger partial charge >= 0.3 is 0 Å². The molecule has 2 saturated heterocycles. The Bertz CT molecular complexity index is 1080. The molecular formula is C24H16F2N2O4. The molecular weight excluding hydrogens is 418 g/mol. The minimum absolute atomic E-state index is 0.269. The summed E-state index contributed by atoms with van der Waals surface area (Å²) in [5.74, 6) is -6.95. The predicted molar refractivity (Wildman–Crippen MR) is 108 cm³/mol. The van der Waals surface area contributed by atoms with Crippen LogP contribution in [0.25, 0.3) is 0 Å². The molecule has 6 atom stereocenters. The first-order valence-electron chi connectivity index (χ1n) is 10.3. The highest BCUT2D eigenvalue weighted by Crippen LogP contribution is 2.58. The average molecular weight is 434 g/mol. The van der Waals surface area contributed by atoms with Gasteiger partial charge in [-0.15, -0.1) is 0 Å². The van der Waals surface area contributed by atoms with Crippen molar-refractivity contribution < 1.29 is 28.0 Å². The standard InChI is InChI=1S/C24H16F2N2O4/c25-11-1-5-13(6-2-11)27-21(29)17-15-9-10-16(18(17)22(27)30)20-19(15)23(31)28(24(20)32)14-7-3-12(26)4-8-14/h1-10,15-20H/t15?,16?,17-,18+,19+,20-. The minimum atomic E-state index is -0.756. The van der Waals surface area contributed by atoms with Crippen molar-refractivity contribution in [2.45, 2.75) is 0 Å². The number of allylic oxidation sites excluding steroid dienone is 2. The van der Waals surface area contributed by atoms with E-state index in [4.69, 9.17) is 0 Å². The molecule has 8 heteroatoms. The van der Waals surface area contributed by atoms with Crippen LogP contribution in [0, 0.1) is 47.1 Å². The van der Waals surface area contributed by atoms with E-state index in [1.54, 1.807) is 12.2 Å². The van der Waals surface area contributed by atoms with Gasteiger partial charge in [0, 0.05) is 11.8 Å². The Morgan fingerprint density at radius 3 is 1.06 bits per heavy atom. The Morgan fingerprint density at radius 2 is 0.781 bits per heavy atom. The van der Waals surface area contributed by atoms with E-state index in [0.717, 1.165) is 9.80 Å². The number of amides is 4. The number of hydrogen-bond acceptors (Lipinski definition) is 4. The summed E-state index contributed by atoms with van der Waals surface area (Å²) in [6, 6.07) is 10.2. The van der Waals surface area contributed by atoms with Gasteiger partial charge in [0.05, 0.1) is 35.0 Å². The molecule has 0 aromatic heterocycles. The van der Waals surface area contributed by atoms with E-state index in [1.807, 2.05) is 0 Å². The third-order valence-corrected chi connectivity index (χ3v) is 7.18. The highest BCUT2D eigenvalue weighted by atomic mass is 19.1. The topological polar surface area (TPSA) is 74.8 Å². The summed E-state index contributed by atoms with van der Waals surface area (Å²) in [4.78, 5) is 55.4.